The number of hydrogen-bond acceptors (Lipinski definition) is 5. The van der Waals surface area contributed by atoms with Crippen molar-refractivity contribution in [2.45, 2.75) is 11.8 Å². The minimum Gasteiger partial charge on any atom is -0.288 e. The predicted octanol–water partition coefficient (Wildman–Crippen LogP) is 1.22. The first-order valence-electron chi connectivity index (χ1n) is 4.69. The van der Waals surface area contributed by atoms with Gasteiger partial charge in [0.15, 0.2) is 0 Å². The largest absolute Gasteiger partial charge is 0.306 e. The average molecular weight is 278 g/mol. The van der Waals surface area contributed by atoms with Crippen molar-refractivity contribution < 1.29 is 22.6 Å². The van der Waals surface area contributed by atoms with Crippen LogP contribution in [0.5, 0.6) is 0 Å². The van der Waals surface area contributed by atoms with Crippen molar-refractivity contribution in [3.63, 3.8) is 0 Å². The third-order valence-electron chi connectivity index (χ3n) is 2.30. The number of benzene rings is 1. The zero-order valence-corrected chi connectivity index (χ0v) is 10.7. The molecule has 0 fully saturated rings. The number of halogens is 1. The Morgan fingerprint density at radius 3 is 2.44 bits per heavy atom. The summed E-state index contributed by atoms with van der Waals surface area (Å²) in [5.41, 5.74) is -1.02. The minimum absolute atomic E-state index is 0.132. The van der Waals surface area contributed by atoms with E-state index in [4.69, 9.17) is 0 Å². The van der Waals surface area contributed by atoms with Crippen molar-refractivity contribution in [3.05, 3.63) is 33.6 Å². The smallest absolute Gasteiger partial charge is 0.288 e. The molecular weight excluding hydrogens is 267 g/mol. The van der Waals surface area contributed by atoms with Crippen LogP contribution in [0.1, 0.15) is 5.56 Å². The van der Waals surface area contributed by atoms with E-state index in [0.717, 1.165) is 20.2 Å². The number of sulfonamides is 1. The normalized spacial score (nSPS) is 11.8. The molecule has 0 atom stereocenters. The van der Waals surface area contributed by atoms with E-state index in [1.165, 1.54) is 6.92 Å². The second-order valence-electron chi connectivity index (χ2n) is 3.43. The lowest BCUT2D eigenvalue weighted by Gasteiger charge is -2.14. The predicted molar refractivity (Wildman–Crippen MR) is 59.7 cm³/mol. The Morgan fingerprint density at radius 1 is 1.44 bits per heavy atom. The molecular formula is C9H11FN2O5S. The summed E-state index contributed by atoms with van der Waals surface area (Å²) in [6, 6.07) is 1.67. The molecule has 9 heteroatoms. The van der Waals surface area contributed by atoms with Gasteiger partial charge in [0.2, 0.25) is 5.82 Å². The van der Waals surface area contributed by atoms with Gasteiger partial charge in [-0.05, 0) is 18.6 Å². The van der Waals surface area contributed by atoms with Gasteiger partial charge in [0.25, 0.3) is 10.0 Å². The van der Waals surface area contributed by atoms with Crippen LogP contribution in [0, 0.1) is 22.9 Å². The molecule has 18 heavy (non-hydrogen) atoms. The van der Waals surface area contributed by atoms with Crippen LogP contribution in [0.25, 0.3) is 0 Å². The number of aryl methyl sites for hydroxylation is 1. The first-order valence-corrected chi connectivity index (χ1v) is 6.13. The van der Waals surface area contributed by atoms with Gasteiger partial charge in [0.1, 0.15) is 0 Å². The molecule has 0 saturated heterocycles. The monoisotopic (exact) mass is 278 g/mol. The first-order chi connectivity index (χ1) is 8.21. The third-order valence-corrected chi connectivity index (χ3v) is 3.96. The van der Waals surface area contributed by atoms with Gasteiger partial charge in [-0.25, -0.2) is 8.42 Å². The highest BCUT2D eigenvalue weighted by Gasteiger charge is 2.27. The van der Waals surface area contributed by atoms with Gasteiger partial charge in [-0.3, -0.25) is 15.0 Å². The molecule has 0 spiro atoms. The Hall–Kier alpha value is -1.58. The summed E-state index contributed by atoms with van der Waals surface area (Å²) < 4.78 is 37.7. The summed E-state index contributed by atoms with van der Waals surface area (Å²) in [5, 5.41) is 10.6. The van der Waals surface area contributed by atoms with Crippen LogP contribution < -0.4 is 0 Å². The Kier molecular flexibility index (Phi) is 3.99. The summed E-state index contributed by atoms with van der Waals surface area (Å²) in [4.78, 5) is 13.8. The number of nitrogens with zero attached hydrogens (tertiary/aromatic N) is 2. The molecule has 0 aliphatic carbocycles. The molecule has 1 aromatic rings. The second-order valence-corrected chi connectivity index (χ2v) is 5.36. The Balaban J connectivity index is 3.50. The Bertz CT molecular complexity index is 587. The molecule has 0 N–H and O–H groups in total. The standard InChI is InChI=1S/C9H11FN2O5S/c1-6-4-7(18(15,16)11(2)17-3)5-8(9(6)10)12(13)14/h4-5H,1-3H3. The highest BCUT2D eigenvalue weighted by atomic mass is 32.2. The number of hydrogen-bond donors (Lipinski definition) is 0. The maximum atomic E-state index is 13.4. The van der Waals surface area contributed by atoms with Crippen LogP contribution in [-0.4, -0.2) is 32.0 Å². The minimum atomic E-state index is -4.04. The maximum Gasteiger partial charge on any atom is 0.306 e. The molecule has 0 amide bonds. The first kappa shape index (κ1) is 14.5. The van der Waals surface area contributed by atoms with Crippen molar-refractivity contribution in [3.8, 4) is 0 Å². The molecule has 0 heterocycles. The van der Waals surface area contributed by atoms with Crippen molar-refractivity contribution in [2.75, 3.05) is 14.2 Å². The van der Waals surface area contributed by atoms with Crippen molar-refractivity contribution in [1.82, 2.24) is 4.47 Å². The zero-order valence-electron chi connectivity index (χ0n) is 9.88. The zero-order chi connectivity index (χ0) is 14.1. The van der Waals surface area contributed by atoms with Gasteiger partial charge in [0.05, 0.1) is 16.9 Å². The molecule has 7 nitrogen and oxygen atoms in total. The second kappa shape index (κ2) is 4.96. The summed E-state index contributed by atoms with van der Waals surface area (Å²) in [7, 11) is -1.79. The number of nitro groups is 1. The fourth-order valence-corrected chi connectivity index (χ4v) is 2.33. The van der Waals surface area contributed by atoms with Crippen LogP contribution in [0.4, 0.5) is 10.1 Å². The van der Waals surface area contributed by atoms with E-state index in [2.05, 4.69) is 4.84 Å². The molecule has 0 aliphatic heterocycles. The van der Waals surface area contributed by atoms with E-state index in [9.17, 15) is 22.9 Å². The van der Waals surface area contributed by atoms with Crippen LogP contribution >= 0.6 is 0 Å². The molecule has 0 bridgehead atoms. The van der Waals surface area contributed by atoms with E-state index in [-0.39, 0.29) is 5.56 Å². The quantitative estimate of drug-likeness (QED) is 0.610. The maximum absolute atomic E-state index is 13.4. The molecule has 1 aromatic carbocycles. The van der Waals surface area contributed by atoms with Crippen LogP contribution in [0.15, 0.2) is 17.0 Å². The van der Waals surface area contributed by atoms with Crippen molar-refractivity contribution in [1.29, 1.82) is 0 Å². The van der Waals surface area contributed by atoms with E-state index in [1.54, 1.807) is 0 Å². The lowest BCUT2D eigenvalue weighted by Crippen LogP contribution is -2.26. The molecule has 100 valence electrons. The molecule has 0 aromatic heterocycles. The summed E-state index contributed by atoms with van der Waals surface area (Å²) in [5.74, 6) is -1.06. The third kappa shape index (κ3) is 2.47. The van der Waals surface area contributed by atoms with Gasteiger partial charge in [-0.2, -0.15) is 4.39 Å². The lowest BCUT2D eigenvalue weighted by atomic mass is 10.2. The number of nitro benzene ring substituents is 1. The molecule has 1 rings (SSSR count). The topological polar surface area (TPSA) is 89.8 Å². The Morgan fingerprint density at radius 2 is 2.00 bits per heavy atom. The average Bonchev–Trinajstić information content (AvgIpc) is 2.30. The summed E-state index contributed by atoms with van der Waals surface area (Å²) >= 11 is 0. The molecule has 0 saturated carbocycles. The van der Waals surface area contributed by atoms with E-state index < -0.39 is 31.3 Å². The van der Waals surface area contributed by atoms with Crippen LogP contribution in [0.3, 0.4) is 0 Å². The van der Waals surface area contributed by atoms with E-state index in [1.807, 2.05) is 0 Å². The van der Waals surface area contributed by atoms with E-state index in [0.29, 0.717) is 10.5 Å². The molecule has 0 radical (unpaired) electrons. The van der Waals surface area contributed by atoms with Crippen molar-refractivity contribution >= 4 is 15.7 Å². The van der Waals surface area contributed by atoms with Gasteiger partial charge in [0, 0.05) is 13.1 Å². The summed E-state index contributed by atoms with van der Waals surface area (Å²) in [6.45, 7) is 1.24. The summed E-state index contributed by atoms with van der Waals surface area (Å²) in [6.07, 6.45) is 0. The SMILES string of the molecule is CON(C)S(=O)(=O)c1cc(C)c(F)c([N+](=O)[O-])c1. The van der Waals surface area contributed by atoms with Gasteiger partial charge in [-0.15, -0.1) is 0 Å². The number of hydroxylamine groups is 1. The van der Waals surface area contributed by atoms with Gasteiger partial charge >= 0.3 is 5.69 Å². The Labute approximate surface area is 103 Å². The fraction of sp³-hybridized carbons (Fsp3) is 0.333. The van der Waals surface area contributed by atoms with Gasteiger partial charge < -0.3 is 0 Å². The van der Waals surface area contributed by atoms with Crippen LogP contribution in [0.2, 0.25) is 0 Å². The number of rotatable bonds is 4. The highest BCUT2D eigenvalue weighted by molar-refractivity contribution is 7.89. The highest BCUT2D eigenvalue weighted by Crippen LogP contribution is 2.26. The molecule has 0 unspecified atom stereocenters. The fourth-order valence-electron chi connectivity index (χ4n) is 1.25. The van der Waals surface area contributed by atoms with Crippen LogP contribution in [-0.2, 0) is 14.9 Å². The lowest BCUT2D eigenvalue weighted by molar-refractivity contribution is -0.387. The molecule has 0 aliphatic rings. The van der Waals surface area contributed by atoms with Gasteiger partial charge in [-0.1, -0.05) is 4.47 Å². The van der Waals surface area contributed by atoms with E-state index >= 15 is 0 Å². The van der Waals surface area contributed by atoms with Crippen molar-refractivity contribution in [2.24, 2.45) is 0 Å².